The van der Waals surface area contributed by atoms with E-state index >= 15 is 0 Å². The molecule has 0 atom stereocenters. The number of aliphatic hydroxyl groups is 1. The summed E-state index contributed by atoms with van der Waals surface area (Å²) in [6.45, 7) is 2.70. The van der Waals surface area contributed by atoms with Gasteiger partial charge in [-0.15, -0.1) is 0 Å². The summed E-state index contributed by atoms with van der Waals surface area (Å²) in [6, 6.07) is 9.74. The van der Waals surface area contributed by atoms with Crippen molar-refractivity contribution in [3.63, 3.8) is 0 Å². The summed E-state index contributed by atoms with van der Waals surface area (Å²) in [6.07, 6.45) is 0.692. The van der Waals surface area contributed by atoms with Crippen molar-refractivity contribution in [3.8, 4) is 0 Å². The Balaban J connectivity index is 2.11. The van der Waals surface area contributed by atoms with Crippen LogP contribution in [0.3, 0.4) is 0 Å². The van der Waals surface area contributed by atoms with Gasteiger partial charge in [-0.2, -0.15) is 0 Å². The first kappa shape index (κ1) is 14.7. The fourth-order valence-corrected chi connectivity index (χ4v) is 2.13. The fourth-order valence-electron chi connectivity index (χ4n) is 1.73. The summed E-state index contributed by atoms with van der Waals surface area (Å²) in [5.74, 6) is 2.18. The molecule has 0 amide bonds. The van der Waals surface area contributed by atoms with Crippen molar-refractivity contribution in [1.82, 2.24) is 9.97 Å². The van der Waals surface area contributed by atoms with Crippen LogP contribution in [0.25, 0.3) is 0 Å². The van der Waals surface area contributed by atoms with Gasteiger partial charge in [0.25, 0.3) is 0 Å². The molecule has 0 radical (unpaired) electrons. The van der Waals surface area contributed by atoms with E-state index in [4.69, 9.17) is 5.11 Å². The number of hydrogen-bond donors (Lipinski definition) is 3. The molecule has 20 heavy (non-hydrogen) atoms. The summed E-state index contributed by atoms with van der Waals surface area (Å²) in [5.41, 5.74) is 0.957. The largest absolute Gasteiger partial charge is 0.396 e. The molecule has 0 saturated carbocycles. The van der Waals surface area contributed by atoms with Gasteiger partial charge in [0.05, 0.1) is 0 Å². The standard InChI is InChI=1S/C14H17BrN4O/c1-10-17-13(16-6-3-7-20)9-14(18-10)19-12-5-2-4-11(15)8-12/h2,4-5,8-9,20H,3,6-7H2,1H3,(H2,16,17,18,19). The number of nitrogens with one attached hydrogen (secondary N) is 2. The van der Waals surface area contributed by atoms with E-state index in [1.165, 1.54) is 0 Å². The van der Waals surface area contributed by atoms with Crippen LogP contribution in [0.1, 0.15) is 12.2 Å². The number of benzene rings is 1. The number of hydrogen-bond acceptors (Lipinski definition) is 5. The van der Waals surface area contributed by atoms with E-state index in [9.17, 15) is 0 Å². The maximum atomic E-state index is 8.78. The van der Waals surface area contributed by atoms with Crippen LogP contribution in [0, 0.1) is 6.92 Å². The van der Waals surface area contributed by atoms with E-state index in [1.807, 2.05) is 37.3 Å². The molecule has 2 aromatic rings. The van der Waals surface area contributed by atoms with Crippen LogP contribution < -0.4 is 10.6 Å². The smallest absolute Gasteiger partial charge is 0.136 e. The predicted octanol–water partition coefficient (Wildman–Crippen LogP) is 3.09. The Hall–Kier alpha value is -1.66. The van der Waals surface area contributed by atoms with E-state index in [1.54, 1.807) is 0 Å². The van der Waals surface area contributed by atoms with E-state index in [-0.39, 0.29) is 6.61 Å². The normalized spacial score (nSPS) is 10.3. The lowest BCUT2D eigenvalue weighted by atomic mass is 10.3. The monoisotopic (exact) mass is 336 g/mol. The van der Waals surface area contributed by atoms with Crippen LogP contribution in [0.2, 0.25) is 0 Å². The SMILES string of the molecule is Cc1nc(NCCCO)cc(Nc2cccc(Br)c2)n1. The molecule has 0 saturated heterocycles. The number of halogens is 1. The second-order valence-electron chi connectivity index (χ2n) is 4.32. The van der Waals surface area contributed by atoms with Crippen LogP contribution in [0.15, 0.2) is 34.8 Å². The molecular weight excluding hydrogens is 320 g/mol. The quantitative estimate of drug-likeness (QED) is 0.707. The highest BCUT2D eigenvalue weighted by atomic mass is 79.9. The third-order valence-electron chi connectivity index (χ3n) is 2.58. The number of aliphatic hydroxyl groups excluding tert-OH is 1. The van der Waals surface area contributed by atoms with Crippen LogP contribution in [-0.4, -0.2) is 28.2 Å². The Morgan fingerprint density at radius 3 is 2.75 bits per heavy atom. The van der Waals surface area contributed by atoms with Crippen molar-refractivity contribution >= 4 is 33.3 Å². The zero-order valence-corrected chi connectivity index (χ0v) is 12.8. The Labute approximate surface area is 126 Å². The van der Waals surface area contributed by atoms with Crippen LogP contribution in [-0.2, 0) is 0 Å². The molecule has 0 aliphatic carbocycles. The number of aryl methyl sites for hydroxylation is 1. The summed E-state index contributed by atoms with van der Waals surface area (Å²) >= 11 is 3.44. The molecule has 1 heterocycles. The van der Waals surface area contributed by atoms with Crippen molar-refractivity contribution in [2.75, 3.05) is 23.8 Å². The molecule has 6 heteroatoms. The molecule has 2 rings (SSSR count). The summed E-state index contributed by atoms with van der Waals surface area (Å²) in [5, 5.41) is 15.2. The second kappa shape index (κ2) is 7.21. The second-order valence-corrected chi connectivity index (χ2v) is 5.24. The summed E-state index contributed by atoms with van der Waals surface area (Å²) in [4.78, 5) is 8.67. The van der Waals surface area contributed by atoms with Crippen LogP contribution >= 0.6 is 15.9 Å². The van der Waals surface area contributed by atoms with Gasteiger partial charge < -0.3 is 15.7 Å². The van der Waals surface area contributed by atoms with Crippen molar-refractivity contribution in [2.45, 2.75) is 13.3 Å². The van der Waals surface area contributed by atoms with Crippen molar-refractivity contribution < 1.29 is 5.11 Å². The van der Waals surface area contributed by atoms with Gasteiger partial charge in [0.1, 0.15) is 17.5 Å². The molecule has 0 unspecified atom stereocenters. The van der Waals surface area contributed by atoms with Crippen LogP contribution in [0.5, 0.6) is 0 Å². The van der Waals surface area contributed by atoms with E-state index < -0.39 is 0 Å². The number of anilines is 3. The first-order valence-electron chi connectivity index (χ1n) is 6.40. The van der Waals surface area contributed by atoms with Gasteiger partial charge in [-0.25, -0.2) is 9.97 Å². The minimum atomic E-state index is 0.167. The van der Waals surface area contributed by atoms with E-state index in [0.717, 1.165) is 21.8 Å². The van der Waals surface area contributed by atoms with Gasteiger partial charge in [-0.1, -0.05) is 22.0 Å². The van der Waals surface area contributed by atoms with Gasteiger partial charge in [-0.3, -0.25) is 0 Å². The molecule has 3 N–H and O–H groups in total. The number of aromatic nitrogens is 2. The Kier molecular flexibility index (Phi) is 5.31. The van der Waals surface area contributed by atoms with Gasteiger partial charge in [0.2, 0.25) is 0 Å². The molecule has 5 nitrogen and oxygen atoms in total. The molecule has 0 aliphatic heterocycles. The summed E-state index contributed by atoms with van der Waals surface area (Å²) < 4.78 is 1.01. The number of nitrogens with zero attached hydrogens (tertiary/aromatic N) is 2. The van der Waals surface area contributed by atoms with Gasteiger partial charge in [0.15, 0.2) is 0 Å². The molecule has 106 valence electrons. The highest BCUT2D eigenvalue weighted by Crippen LogP contribution is 2.20. The highest BCUT2D eigenvalue weighted by Gasteiger charge is 2.02. The highest BCUT2D eigenvalue weighted by molar-refractivity contribution is 9.10. The predicted molar refractivity (Wildman–Crippen MR) is 84.4 cm³/mol. The molecule has 0 fully saturated rings. The van der Waals surface area contributed by atoms with Crippen molar-refractivity contribution in [1.29, 1.82) is 0 Å². The molecule has 0 aliphatic rings. The van der Waals surface area contributed by atoms with Crippen molar-refractivity contribution in [3.05, 3.63) is 40.6 Å². The lowest BCUT2D eigenvalue weighted by Gasteiger charge is -2.10. The first-order chi connectivity index (χ1) is 9.67. The van der Waals surface area contributed by atoms with Crippen molar-refractivity contribution in [2.24, 2.45) is 0 Å². The lowest BCUT2D eigenvalue weighted by Crippen LogP contribution is -2.07. The van der Waals surface area contributed by atoms with Gasteiger partial charge >= 0.3 is 0 Å². The Morgan fingerprint density at radius 1 is 1.20 bits per heavy atom. The Bertz CT molecular complexity index is 577. The summed E-state index contributed by atoms with van der Waals surface area (Å²) in [7, 11) is 0. The molecule has 1 aromatic carbocycles. The van der Waals surface area contributed by atoms with Gasteiger partial charge in [-0.05, 0) is 31.5 Å². The third kappa shape index (κ3) is 4.47. The average Bonchev–Trinajstić information content (AvgIpc) is 2.38. The molecule has 0 spiro atoms. The lowest BCUT2D eigenvalue weighted by molar-refractivity contribution is 0.292. The Morgan fingerprint density at radius 2 is 2.00 bits per heavy atom. The van der Waals surface area contributed by atoms with E-state index in [2.05, 4.69) is 36.5 Å². The fraction of sp³-hybridized carbons (Fsp3) is 0.286. The average molecular weight is 337 g/mol. The van der Waals surface area contributed by atoms with Crippen LogP contribution in [0.4, 0.5) is 17.3 Å². The third-order valence-corrected chi connectivity index (χ3v) is 3.07. The first-order valence-corrected chi connectivity index (χ1v) is 7.19. The molecular formula is C14H17BrN4O. The van der Waals surface area contributed by atoms with E-state index in [0.29, 0.717) is 18.8 Å². The zero-order valence-electron chi connectivity index (χ0n) is 11.2. The number of rotatable bonds is 6. The molecule has 0 bridgehead atoms. The maximum Gasteiger partial charge on any atom is 0.136 e. The maximum absolute atomic E-state index is 8.78. The zero-order chi connectivity index (χ0) is 14.4. The topological polar surface area (TPSA) is 70.1 Å². The minimum absolute atomic E-state index is 0.167. The molecule has 1 aromatic heterocycles. The van der Waals surface area contributed by atoms with Gasteiger partial charge in [0, 0.05) is 29.4 Å². The minimum Gasteiger partial charge on any atom is -0.396 e.